The number of rotatable bonds is 5. The number of nitrogens with one attached hydrogen (secondary N) is 2. The van der Waals surface area contributed by atoms with Gasteiger partial charge in [-0.25, -0.2) is 4.52 Å². The molecular weight excluding hydrogens is 420 g/mol. The van der Waals surface area contributed by atoms with Gasteiger partial charge in [0.25, 0.3) is 5.91 Å². The minimum atomic E-state index is -1.57. The second-order valence-corrected chi connectivity index (χ2v) is 8.38. The number of piperazine rings is 1. The number of nitrogens with zero attached hydrogens (tertiary/aromatic N) is 6. The second kappa shape index (κ2) is 8.21. The third kappa shape index (κ3) is 4.00. The largest absolute Gasteiger partial charge is 0.376 e. The van der Waals surface area contributed by atoms with Crippen molar-refractivity contribution in [2.75, 3.05) is 36.4 Å². The van der Waals surface area contributed by atoms with E-state index in [0.717, 1.165) is 11.2 Å². The van der Waals surface area contributed by atoms with E-state index in [2.05, 4.69) is 20.6 Å². The summed E-state index contributed by atoms with van der Waals surface area (Å²) in [5.41, 5.74) is 0.809. The highest BCUT2D eigenvalue weighted by atomic mass is 16.3. The quantitative estimate of drug-likeness (QED) is 0.430. The topological polar surface area (TPSA) is 115 Å². The van der Waals surface area contributed by atoms with Gasteiger partial charge in [0, 0.05) is 44.1 Å². The molecule has 1 fully saturated rings. The van der Waals surface area contributed by atoms with Crippen molar-refractivity contribution < 1.29 is 9.90 Å². The number of amides is 1. The fraction of sp³-hybridized carbons (Fsp3) is 0.304. The predicted molar refractivity (Wildman–Crippen MR) is 124 cm³/mol. The van der Waals surface area contributed by atoms with Crippen LogP contribution < -0.4 is 10.2 Å². The lowest BCUT2D eigenvalue weighted by Crippen LogP contribution is -2.54. The molecule has 1 atom stereocenters. The molecule has 5 rings (SSSR count). The standard InChI is InChI=1S/C23H26N8O2/c1-16-15-19(27-26-16)24-20-18-9-6-10-31(18)28-22(25-20)30-13-11-29(12-14-30)21(32)23(2,33)17-7-4-3-5-8-17/h3-10,15,33H,11-14H2,1-2H3,(H2,24,25,26,27,28)/t23-/m0/s1. The maximum atomic E-state index is 13.1. The van der Waals surface area contributed by atoms with Crippen LogP contribution in [0.2, 0.25) is 0 Å². The van der Waals surface area contributed by atoms with Gasteiger partial charge in [0.2, 0.25) is 5.95 Å². The Kier molecular flexibility index (Phi) is 5.21. The van der Waals surface area contributed by atoms with Crippen LogP contribution in [0.4, 0.5) is 17.6 Å². The molecule has 0 spiro atoms. The molecule has 0 aliphatic carbocycles. The zero-order valence-electron chi connectivity index (χ0n) is 18.6. The molecule has 4 aromatic rings. The number of aromatic nitrogens is 5. The molecule has 33 heavy (non-hydrogen) atoms. The lowest BCUT2D eigenvalue weighted by Gasteiger charge is -2.38. The number of anilines is 3. The number of aryl methyl sites for hydroxylation is 1. The highest BCUT2D eigenvalue weighted by molar-refractivity contribution is 5.86. The Morgan fingerprint density at radius 2 is 1.88 bits per heavy atom. The Labute approximate surface area is 190 Å². The van der Waals surface area contributed by atoms with E-state index in [1.54, 1.807) is 28.5 Å². The van der Waals surface area contributed by atoms with Crippen molar-refractivity contribution in [1.82, 2.24) is 29.7 Å². The van der Waals surface area contributed by atoms with Crippen LogP contribution in [0.15, 0.2) is 54.7 Å². The SMILES string of the molecule is Cc1cc(Nc2nc(N3CCN(C(=O)[C@@](C)(O)c4ccccc4)CC3)nn3cccc23)n[nH]1. The van der Waals surface area contributed by atoms with Gasteiger partial charge in [0.05, 0.1) is 0 Å². The molecule has 0 bridgehead atoms. The van der Waals surface area contributed by atoms with Crippen molar-refractivity contribution in [3.05, 3.63) is 66.0 Å². The summed E-state index contributed by atoms with van der Waals surface area (Å²) in [6.45, 7) is 5.54. The van der Waals surface area contributed by atoms with Crippen molar-refractivity contribution in [3.63, 3.8) is 0 Å². The normalized spacial score (nSPS) is 16.1. The van der Waals surface area contributed by atoms with E-state index in [9.17, 15) is 9.90 Å². The summed E-state index contributed by atoms with van der Waals surface area (Å²) in [4.78, 5) is 21.5. The Morgan fingerprint density at radius 1 is 1.12 bits per heavy atom. The Bertz CT molecular complexity index is 1270. The summed E-state index contributed by atoms with van der Waals surface area (Å²) >= 11 is 0. The van der Waals surface area contributed by atoms with Gasteiger partial charge in [0.15, 0.2) is 17.2 Å². The van der Waals surface area contributed by atoms with Crippen LogP contribution in [0.3, 0.4) is 0 Å². The number of hydrogen-bond donors (Lipinski definition) is 3. The molecule has 3 N–H and O–H groups in total. The van der Waals surface area contributed by atoms with Crippen molar-refractivity contribution in [1.29, 1.82) is 0 Å². The summed E-state index contributed by atoms with van der Waals surface area (Å²) in [6, 6.07) is 14.8. The van der Waals surface area contributed by atoms with E-state index in [4.69, 9.17) is 4.98 Å². The number of benzene rings is 1. The highest BCUT2D eigenvalue weighted by Crippen LogP contribution is 2.26. The van der Waals surface area contributed by atoms with E-state index < -0.39 is 5.60 Å². The summed E-state index contributed by atoms with van der Waals surface area (Å²) in [7, 11) is 0. The number of carbonyl (C=O) groups is 1. The van der Waals surface area contributed by atoms with E-state index in [1.807, 2.05) is 54.4 Å². The molecule has 1 aromatic carbocycles. The molecule has 1 saturated heterocycles. The van der Waals surface area contributed by atoms with Crippen molar-refractivity contribution in [2.45, 2.75) is 19.4 Å². The minimum absolute atomic E-state index is 0.300. The number of aliphatic hydroxyl groups is 1. The average molecular weight is 447 g/mol. The molecule has 10 nitrogen and oxygen atoms in total. The number of fused-ring (bicyclic) bond motifs is 1. The van der Waals surface area contributed by atoms with Crippen molar-refractivity contribution in [2.24, 2.45) is 0 Å². The molecule has 0 radical (unpaired) electrons. The van der Waals surface area contributed by atoms with Crippen LogP contribution in [-0.2, 0) is 10.4 Å². The lowest BCUT2D eigenvalue weighted by molar-refractivity contribution is -0.151. The summed E-state index contributed by atoms with van der Waals surface area (Å²) < 4.78 is 1.78. The third-order valence-electron chi connectivity index (χ3n) is 5.93. The maximum Gasteiger partial charge on any atom is 0.259 e. The monoisotopic (exact) mass is 446 g/mol. The molecule has 1 amide bonds. The number of H-pyrrole nitrogens is 1. The molecule has 4 heterocycles. The zero-order valence-corrected chi connectivity index (χ0v) is 18.6. The molecule has 3 aromatic heterocycles. The van der Waals surface area contributed by atoms with E-state index in [-0.39, 0.29) is 5.91 Å². The van der Waals surface area contributed by atoms with Crippen molar-refractivity contribution in [3.8, 4) is 0 Å². The summed E-state index contributed by atoms with van der Waals surface area (Å²) in [5, 5.41) is 26.0. The molecule has 10 heteroatoms. The number of hydrogen-bond acceptors (Lipinski definition) is 7. The predicted octanol–water partition coefficient (Wildman–Crippen LogP) is 2.06. The van der Waals surface area contributed by atoms with Gasteiger partial charge in [-0.1, -0.05) is 30.3 Å². The third-order valence-corrected chi connectivity index (χ3v) is 5.93. The van der Waals surface area contributed by atoms with Crippen LogP contribution in [0.25, 0.3) is 5.52 Å². The van der Waals surface area contributed by atoms with Gasteiger partial charge < -0.3 is 20.2 Å². The first kappa shape index (κ1) is 21.0. The maximum absolute atomic E-state index is 13.1. The Balaban J connectivity index is 1.33. The Hall–Kier alpha value is -3.92. The van der Waals surface area contributed by atoms with Crippen LogP contribution >= 0.6 is 0 Å². The lowest BCUT2D eigenvalue weighted by atomic mass is 9.94. The molecule has 1 aliphatic rings. The number of aromatic amines is 1. The van der Waals surface area contributed by atoms with Gasteiger partial charge in [-0.05, 0) is 31.5 Å². The van der Waals surface area contributed by atoms with Gasteiger partial charge in [-0.15, -0.1) is 5.10 Å². The van der Waals surface area contributed by atoms with Crippen LogP contribution in [0, 0.1) is 6.92 Å². The van der Waals surface area contributed by atoms with Gasteiger partial charge in [0.1, 0.15) is 5.52 Å². The summed E-state index contributed by atoms with van der Waals surface area (Å²) in [5.74, 6) is 1.60. The Morgan fingerprint density at radius 3 is 2.58 bits per heavy atom. The van der Waals surface area contributed by atoms with Crippen LogP contribution in [0.1, 0.15) is 18.2 Å². The van der Waals surface area contributed by atoms with E-state index >= 15 is 0 Å². The fourth-order valence-corrected chi connectivity index (χ4v) is 4.06. The molecule has 170 valence electrons. The van der Waals surface area contributed by atoms with Gasteiger partial charge in [-0.2, -0.15) is 10.1 Å². The first-order valence-electron chi connectivity index (χ1n) is 10.9. The second-order valence-electron chi connectivity index (χ2n) is 8.38. The fourth-order valence-electron chi connectivity index (χ4n) is 4.06. The number of carbonyl (C=O) groups excluding carboxylic acids is 1. The van der Waals surface area contributed by atoms with Crippen LogP contribution in [-0.4, -0.2) is 66.9 Å². The molecule has 1 aliphatic heterocycles. The minimum Gasteiger partial charge on any atom is -0.376 e. The van der Waals surface area contributed by atoms with Crippen molar-refractivity contribution >= 4 is 29.0 Å². The highest BCUT2D eigenvalue weighted by Gasteiger charge is 2.37. The first-order valence-corrected chi connectivity index (χ1v) is 10.9. The van der Waals surface area contributed by atoms with E-state index in [0.29, 0.717) is 49.3 Å². The zero-order chi connectivity index (χ0) is 23.0. The average Bonchev–Trinajstić information content (AvgIpc) is 3.48. The van der Waals surface area contributed by atoms with E-state index in [1.165, 1.54) is 0 Å². The first-order chi connectivity index (χ1) is 15.9. The van der Waals surface area contributed by atoms with Crippen LogP contribution in [0.5, 0.6) is 0 Å². The molecule has 0 unspecified atom stereocenters. The van der Waals surface area contributed by atoms with Gasteiger partial charge in [-0.3, -0.25) is 9.89 Å². The van der Waals surface area contributed by atoms with Gasteiger partial charge >= 0.3 is 0 Å². The summed E-state index contributed by atoms with van der Waals surface area (Å²) in [6.07, 6.45) is 1.87. The molecular formula is C23H26N8O2. The molecule has 0 saturated carbocycles. The smallest absolute Gasteiger partial charge is 0.259 e.